The average Bonchev–Trinajstić information content (AvgIpc) is 3.17. The maximum absolute atomic E-state index is 11.5. The first-order valence-corrected chi connectivity index (χ1v) is 20.9. The van der Waals surface area contributed by atoms with Gasteiger partial charge >= 0.3 is 11.9 Å². The molecule has 0 N–H and O–H groups in total. The summed E-state index contributed by atoms with van der Waals surface area (Å²) in [4.78, 5) is 22.9. The lowest BCUT2D eigenvalue weighted by atomic mass is 10.4. The molecule has 0 saturated carbocycles. The molecule has 4 rings (SSSR count). The molecule has 7 nitrogen and oxygen atoms in total. The molecular weight excluding hydrogens is 649 g/mol. The topological polar surface area (TPSA) is 80.3 Å². The van der Waals surface area contributed by atoms with Crippen molar-refractivity contribution in [2.75, 3.05) is 39.6 Å². The van der Waals surface area contributed by atoms with Gasteiger partial charge in [0.25, 0.3) is 0 Å². The number of carbonyl (C=O) groups excluding carboxylic acids is 2. The third kappa shape index (κ3) is 10.8. The van der Waals surface area contributed by atoms with Crippen LogP contribution in [0.15, 0.2) is 147 Å². The number of hydrogen-bond acceptors (Lipinski definition) is 7. The molecule has 0 atom stereocenters. The van der Waals surface area contributed by atoms with Gasteiger partial charge in [-0.2, -0.15) is 0 Å². The number of hydrogen-bond donors (Lipinski definition) is 0. The van der Waals surface area contributed by atoms with Crippen molar-refractivity contribution in [3.63, 3.8) is 0 Å². The second kappa shape index (κ2) is 20.2. The van der Waals surface area contributed by atoms with Gasteiger partial charge in [0.05, 0.1) is 13.2 Å². The Hall–Kier alpha value is -4.39. The highest BCUT2D eigenvalue weighted by Crippen LogP contribution is 2.26. The molecule has 0 saturated heterocycles. The van der Waals surface area contributed by atoms with Crippen LogP contribution in [0.4, 0.5) is 0 Å². The summed E-state index contributed by atoms with van der Waals surface area (Å²) in [5.74, 6) is -0.914. The minimum absolute atomic E-state index is 0.179. The highest BCUT2D eigenvalue weighted by atomic mass is 28.4. The lowest BCUT2D eigenvalue weighted by molar-refractivity contribution is -0.140. The molecule has 0 fully saturated rings. The highest BCUT2D eigenvalue weighted by Gasteiger charge is 2.49. The zero-order valence-electron chi connectivity index (χ0n) is 28.0. The van der Waals surface area contributed by atoms with Gasteiger partial charge in [0.15, 0.2) is 0 Å². The van der Waals surface area contributed by atoms with Crippen molar-refractivity contribution < 1.29 is 32.7 Å². The minimum Gasteiger partial charge on any atom is -0.460 e. The van der Waals surface area contributed by atoms with E-state index in [4.69, 9.17) is 23.1 Å². The third-order valence-electron chi connectivity index (χ3n) is 8.22. The van der Waals surface area contributed by atoms with Crippen LogP contribution in [-0.4, -0.2) is 68.2 Å². The van der Waals surface area contributed by atoms with Gasteiger partial charge in [0.2, 0.25) is 16.6 Å². The van der Waals surface area contributed by atoms with Gasteiger partial charge in [-0.25, -0.2) is 9.59 Å². The van der Waals surface area contributed by atoms with Crippen LogP contribution >= 0.6 is 0 Å². The van der Waals surface area contributed by atoms with E-state index in [1.165, 1.54) is 20.7 Å². The zero-order chi connectivity index (χ0) is 34.6. The van der Waals surface area contributed by atoms with Crippen molar-refractivity contribution >= 4 is 49.3 Å². The molecule has 0 heterocycles. The van der Waals surface area contributed by atoms with Crippen molar-refractivity contribution in [2.45, 2.75) is 24.9 Å². The van der Waals surface area contributed by atoms with Crippen LogP contribution in [0.3, 0.4) is 0 Å². The van der Waals surface area contributed by atoms with E-state index < -0.39 is 28.6 Å². The molecule has 49 heavy (non-hydrogen) atoms. The van der Waals surface area contributed by atoms with Crippen molar-refractivity contribution in [3.05, 3.63) is 147 Å². The molecule has 0 spiro atoms. The van der Waals surface area contributed by atoms with Crippen LogP contribution in [0.1, 0.15) is 12.8 Å². The van der Waals surface area contributed by atoms with Crippen molar-refractivity contribution in [1.82, 2.24) is 0 Å². The number of esters is 2. The molecule has 0 aromatic heterocycles. The summed E-state index contributed by atoms with van der Waals surface area (Å²) in [5.41, 5.74) is 0. The average molecular weight is 695 g/mol. The van der Waals surface area contributed by atoms with Gasteiger partial charge in [0.1, 0.15) is 13.2 Å². The Morgan fingerprint density at radius 2 is 0.776 bits per heavy atom. The molecule has 0 aliphatic heterocycles. The van der Waals surface area contributed by atoms with Gasteiger partial charge in [-0.05, 0) is 45.7 Å². The molecule has 0 bridgehead atoms. The highest BCUT2D eigenvalue weighted by molar-refractivity contribution is 7.09. The largest absolute Gasteiger partial charge is 0.460 e. The standard InChI is InChI=1S/C40H46O7Si2/c1-3-39(41)45-31-29-43-27-17-33-48(35-19-9-5-10-20-35,36-21-11-6-12-22-36)47-49(37-23-13-7-14-24-37,38-25-15-8-16-26-38)34-18-28-44-30-32-46-40(42)4-2/h3-16,19-26H,1-2,17-18,27-34H2. The zero-order valence-corrected chi connectivity index (χ0v) is 30.0. The molecule has 0 aliphatic rings. The Morgan fingerprint density at radius 3 is 1.06 bits per heavy atom. The van der Waals surface area contributed by atoms with Gasteiger partial charge in [-0.15, -0.1) is 0 Å². The number of ether oxygens (including phenoxy) is 4. The first-order valence-electron chi connectivity index (χ1n) is 16.7. The first-order chi connectivity index (χ1) is 24.0. The second-order valence-corrected chi connectivity index (χ2v) is 18.8. The summed E-state index contributed by atoms with van der Waals surface area (Å²) in [5, 5.41) is 4.80. The fourth-order valence-corrected chi connectivity index (χ4v) is 17.1. The molecule has 256 valence electrons. The van der Waals surface area contributed by atoms with E-state index in [1.807, 2.05) is 24.3 Å². The normalized spacial score (nSPS) is 11.4. The maximum atomic E-state index is 11.5. The molecule has 0 unspecified atom stereocenters. The summed E-state index contributed by atoms with van der Waals surface area (Å²) in [6, 6.07) is 44.1. The van der Waals surface area contributed by atoms with Crippen LogP contribution in [0, 0.1) is 0 Å². The van der Waals surface area contributed by atoms with Gasteiger partial charge in [0, 0.05) is 25.4 Å². The predicted molar refractivity (Wildman–Crippen MR) is 200 cm³/mol. The first kappa shape index (κ1) is 37.4. The Balaban J connectivity index is 1.72. The van der Waals surface area contributed by atoms with E-state index in [0.717, 1.165) is 37.1 Å². The van der Waals surface area contributed by atoms with Crippen LogP contribution in [0.2, 0.25) is 12.1 Å². The summed E-state index contributed by atoms with van der Waals surface area (Å²) in [6.07, 6.45) is 3.82. The molecule has 0 radical (unpaired) electrons. The van der Waals surface area contributed by atoms with E-state index in [9.17, 15) is 9.59 Å². The second-order valence-electron chi connectivity index (χ2n) is 11.4. The Labute approximate surface area is 292 Å². The summed E-state index contributed by atoms with van der Waals surface area (Å²) in [7, 11) is -5.93. The van der Waals surface area contributed by atoms with Crippen molar-refractivity contribution in [2.24, 2.45) is 0 Å². The number of benzene rings is 4. The smallest absolute Gasteiger partial charge is 0.330 e. The lowest BCUT2D eigenvalue weighted by Gasteiger charge is -2.44. The molecule has 0 aliphatic carbocycles. The van der Waals surface area contributed by atoms with Crippen LogP contribution in [0.25, 0.3) is 0 Å². The summed E-state index contributed by atoms with van der Waals surface area (Å²) in [6.45, 7) is 8.86. The molecule has 4 aromatic rings. The van der Waals surface area contributed by atoms with E-state index in [0.29, 0.717) is 26.4 Å². The van der Waals surface area contributed by atoms with Crippen LogP contribution in [0.5, 0.6) is 0 Å². The van der Waals surface area contributed by atoms with Gasteiger partial charge in [-0.1, -0.05) is 134 Å². The quantitative estimate of drug-likeness (QED) is 0.0507. The SMILES string of the molecule is C=CC(=O)OCCOCCC[Si](O[Si](CCCOCCOC(=O)C=C)(c1ccccc1)c1ccccc1)(c1ccccc1)c1ccccc1. The monoisotopic (exact) mass is 694 g/mol. The Morgan fingerprint density at radius 1 is 0.469 bits per heavy atom. The molecule has 9 heteroatoms. The number of rotatable bonds is 22. The minimum atomic E-state index is -2.96. The van der Waals surface area contributed by atoms with E-state index in [2.05, 4.69) is 110 Å². The van der Waals surface area contributed by atoms with E-state index in [-0.39, 0.29) is 13.2 Å². The fraction of sp³-hybridized carbons (Fsp3) is 0.250. The number of carbonyl (C=O) groups is 2. The fourth-order valence-electron chi connectivity index (χ4n) is 5.95. The Bertz CT molecular complexity index is 1370. The van der Waals surface area contributed by atoms with Crippen LogP contribution < -0.4 is 20.7 Å². The summed E-state index contributed by atoms with van der Waals surface area (Å²) >= 11 is 0. The summed E-state index contributed by atoms with van der Waals surface area (Å²) < 4.78 is 30.2. The third-order valence-corrected chi connectivity index (χ3v) is 18.2. The van der Waals surface area contributed by atoms with E-state index in [1.54, 1.807) is 0 Å². The maximum Gasteiger partial charge on any atom is 0.330 e. The van der Waals surface area contributed by atoms with Crippen LogP contribution in [-0.2, 0) is 32.7 Å². The van der Waals surface area contributed by atoms with Crippen molar-refractivity contribution in [1.29, 1.82) is 0 Å². The Kier molecular flexibility index (Phi) is 15.4. The molecule has 4 aromatic carbocycles. The predicted octanol–water partition coefficient (Wildman–Crippen LogP) is 4.79. The molecule has 0 amide bonds. The molecular formula is C40H46O7Si2. The van der Waals surface area contributed by atoms with Crippen molar-refractivity contribution in [3.8, 4) is 0 Å². The van der Waals surface area contributed by atoms with E-state index >= 15 is 0 Å². The van der Waals surface area contributed by atoms with Gasteiger partial charge < -0.3 is 23.1 Å². The van der Waals surface area contributed by atoms with Gasteiger partial charge in [-0.3, -0.25) is 0 Å². The lowest BCUT2D eigenvalue weighted by Crippen LogP contribution is -2.72.